The van der Waals surface area contributed by atoms with Crippen molar-refractivity contribution in [2.24, 2.45) is 0 Å². The van der Waals surface area contributed by atoms with Gasteiger partial charge in [-0.2, -0.15) is 4.31 Å². The highest BCUT2D eigenvalue weighted by Gasteiger charge is 2.25. The zero-order valence-corrected chi connectivity index (χ0v) is 15.3. The van der Waals surface area contributed by atoms with Crippen LogP contribution in [0.5, 0.6) is 0 Å². The zero-order chi connectivity index (χ0) is 18.4. The number of nitrogens with one attached hydrogen (secondary N) is 1. The van der Waals surface area contributed by atoms with Gasteiger partial charge in [-0.15, -0.1) is 0 Å². The van der Waals surface area contributed by atoms with E-state index in [9.17, 15) is 13.2 Å². The average Bonchev–Trinajstić information content (AvgIpc) is 2.97. The van der Waals surface area contributed by atoms with Crippen LogP contribution in [0.4, 0.5) is 0 Å². The lowest BCUT2D eigenvalue weighted by Crippen LogP contribution is -2.32. The van der Waals surface area contributed by atoms with Crippen molar-refractivity contribution in [1.29, 1.82) is 0 Å². The Balaban J connectivity index is 1.73. The summed E-state index contributed by atoms with van der Waals surface area (Å²) in [5.41, 5.74) is 0.997. The molecule has 0 bridgehead atoms. The van der Waals surface area contributed by atoms with Crippen LogP contribution in [0.3, 0.4) is 0 Å². The van der Waals surface area contributed by atoms with Crippen LogP contribution >= 0.6 is 0 Å². The Kier molecular flexibility index (Phi) is 5.95. The largest absolute Gasteiger partial charge is 0.346 e. The summed E-state index contributed by atoms with van der Waals surface area (Å²) in [7, 11) is -3.58. The lowest BCUT2D eigenvalue weighted by atomic mass is 10.2. The molecule has 1 saturated heterocycles. The Labute approximate surface area is 153 Å². The van der Waals surface area contributed by atoms with Crippen LogP contribution in [-0.4, -0.2) is 41.7 Å². The Bertz CT molecular complexity index is 848. The molecule has 2 aromatic rings. The lowest BCUT2D eigenvalue weighted by molar-refractivity contribution is 0.0950. The van der Waals surface area contributed by atoms with Gasteiger partial charge in [0.2, 0.25) is 10.0 Å². The predicted molar refractivity (Wildman–Crippen MR) is 96.9 cm³/mol. The van der Waals surface area contributed by atoms with Gasteiger partial charge in [-0.05, 0) is 37.1 Å². The first-order valence-corrected chi connectivity index (χ1v) is 10.1. The molecule has 0 saturated carbocycles. The number of hydrogen-bond acceptors (Lipinski definition) is 5. The standard InChI is InChI=1S/C18H22N4O3S/c23-18(20-13-16-8-9-19-14-21-16)15-6-5-7-17(12-15)26(24,25)22-10-3-1-2-4-11-22/h5-9,12,14H,1-4,10-11,13H2,(H,20,23). The van der Waals surface area contributed by atoms with Gasteiger partial charge in [0.1, 0.15) is 6.33 Å². The molecule has 138 valence electrons. The first-order valence-electron chi connectivity index (χ1n) is 8.71. The van der Waals surface area contributed by atoms with E-state index in [-0.39, 0.29) is 17.3 Å². The van der Waals surface area contributed by atoms with E-state index in [0.717, 1.165) is 25.7 Å². The van der Waals surface area contributed by atoms with Crippen LogP contribution in [0.25, 0.3) is 0 Å². The van der Waals surface area contributed by atoms with E-state index in [2.05, 4.69) is 15.3 Å². The SMILES string of the molecule is O=C(NCc1ccncn1)c1cccc(S(=O)(=O)N2CCCCCC2)c1. The van der Waals surface area contributed by atoms with Crippen molar-refractivity contribution in [1.82, 2.24) is 19.6 Å². The highest BCUT2D eigenvalue weighted by atomic mass is 32.2. The number of carbonyl (C=O) groups excluding carboxylic acids is 1. The van der Waals surface area contributed by atoms with Crippen LogP contribution in [0, 0.1) is 0 Å². The topological polar surface area (TPSA) is 92.3 Å². The number of amides is 1. The second-order valence-electron chi connectivity index (χ2n) is 6.23. The van der Waals surface area contributed by atoms with E-state index in [4.69, 9.17) is 0 Å². The summed E-state index contributed by atoms with van der Waals surface area (Å²) in [6.45, 7) is 1.32. The van der Waals surface area contributed by atoms with Crippen LogP contribution in [0.1, 0.15) is 41.7 Å². The zero-order valence-electron chi connectivity index (χ0n) is 14.5. The Morgan fingerprint density at radius 3 is 2.58 bits per heavy atom. The molecule has 1 N–H and O–H groups in total. The van der Waals surface area contributed by atoms with E-state index in [1.165, 1.54) is 16.7 Å². The number of carbonyl (C=O) groups is 1. The molecule has 7 nitrogen and oxygen atoms in total. The van der Waals surface area contributed by atoms with Crippen molar-refractivity contribution >= 4 is 15.9 Å². The van der Waals surface area contributed by atoms with E-state index in [1.54, 1.807) is 30.5 Å². The van der Waals surface area contributed by atoms with Crippen LogP contribution in [-0.2, 0) is 16.6 Å². The number of hydrogen-bond donors (Lipinski definition) is 1. The molecule has 1 aromatic carbocycles. The van der Waals surface area contributed by atoms with Gasteiger partial charge in [-0.1, -0.05) is 18.9 Å². The third-order valence-electron chi connectivity index (χ3n) is 4.37. The summed E-state index contributed by atoms with van der Waals surface area (Å²) in [6.07, 6.45) is 6.87. The average molecular weight is 374 g/mol. The summed E-state index contributed by atoms with van der Waals surface area (Å²) in [5, 5.41) is 2.75. The molecule has 8 heteroatoms. The molecule has 1 aliphatic rings. The molecule has 1 aliphatic heterocycles. The van der Waals surface area contributed by atoms with Crippen LogP contribution in [0.2, 0.25) is 0 Å². The first kappa shape index (κ1) is 18.5. The molecular weight excluding hydrogens is 352 g/mol. The predicted octanol–water partition coefficient (Wildman–Crippen LogP) is 1.97. The molecule has 0 atom stereocenters. The maximum absolute atomic E-state index is 12.9. The number of aromatic nitrogens is 2. The minimum Gasteiger partial charge on any atom is -0.346 e. The van der Waals surface area contributed by atoms with Crippen LogP contribution < -0.4 is 5.32 Å². The van der Waals surface area contributed by atoms with Gasteiger partial charge < -0.3 is 5.32 Å². The van der Waals surface area contributed by atoms with Gasteiger partial charge in [-0.3, -0.25) is 4.79 Å². The summed E-state index contributed by atoms with van der Waals surface area (Å²) in [4.78, 5) is 20.4. The molecule has 3 rings (SSSR count). The monoisotopic (exact) mass is 374 g/mol. The normalized spacial score (nSPS) is 16.0. The summed E-state index contributed by atoms with van der Waals surface area (Å²) in [6, 6.07) is 7.90. The molecule has 0 spiro atoms. The van der Waals surface area contributed by atoms with Gasteiger partial charge in [0, 0.05) is 24.8 Å². The Morgan fingerprint density at radius 2 is 1.88 bits per heavy atom. The fourth-order valence-corrected chi connectivity index (χ4v) is 4.49. The maximum Gasteiger partial charge on any atom is 0.251 e. The van der Waals surface area contributed by atoms with Crippen molar-refractivity contribution in [2.75, 3.05) is 13.1 Å². The number of rotatable bonds is 5. The molecule has 1 fully saturated rings. The van der Waals surface area contributed by atoms with Crippen molar-refractivity contribution < 1.29 is 13.2 Å². The number of benzene rings is 1. The van der Waals surface area contributed by atoms with Gasteiger partial charge in [0.05, 0.1) is 17.1 Å². The van der Waals surface area contributed by atoms with Crippen LogP contribution in [0.15, 0.2) is 47.8 Å². The second kappa shape index (κ2) is 8.37. The number of sulfonamides is 1. The second-order valence-corrected chi connectivity index (χ2v) is 8.17. The lowest BCUT2D eigenvalue weighted by Gasteiger charge is -2.20. The molecule has 1 amide bonds. The van der Waals surface area contributed by atoms with Gasteiger partial charge in [0.25, 0.3) is 5.91 Å². The van der Waals surface area contributed by atoms with E-state index >= 15 is 0 Å². The minimum absolute atomic E-state index is 0.161. The van der Waals surface area contributed by atoms with Gasteiger partial charge in [0.15, 0.2) is 0 Å². The third-order valence-corrected chi connectivity index (χ3v) is 6.27. The third kappa shape index (κ3) is 4.44. The first-order chi connectivity index (χ1) is 12.6. The summed E-state index contributed by atoms with van der Waals surface area (Å²) < 4.78 is 27.3. The highest BCUT2D eigenvalue weighted by molar-refractivity contribution is 7.89. The van der Waals surface area contributed by atoms with Gasteiger partial charge in [-0.25, -0.2) is 18.4 Å². The van der Waals surface area contributed by atoms with Crippen molar-refractivity contribution in [3.05, 3.63) is 54.1 Å². The highest BCUT2D eigenvalue weighted by Crippen LogP contribution is 2.21. The summed E-state index contributed by atoms with van der Waals surface area (Å²) >= 11 is 0. The molecule has 0 unspecified atom stereocenters. The molecule has 0 aliphatic carbocycles. The minimum atomic E-state index is -3.58. The quantitative estimate of drug-likeness (QED) is 0.864. The molecule has 26 heavy (non-hydrogen) atoms. The number of nitrogens with zero attached hydrogens (tertiary/aromatic N) is 3. The van der Waals surface area contributed by atoms with E-state index < -0.39 is 10.0 Å². The fourth-order valence-electron chi connectivity index (χ4n) is 2.92. The van der Waals surface area contributed by atoms with E-state index in [1.807, 2.05) is 0 Å². The molecule has 0 radical (unpaired) electrons. The Hall–Kier alpha value is -2.32. The molecule has 2 heterocycles. The fraction of sp³-hybridized carbons (Fsp3) is 0.389. The smallest absolute Gasteiger partial charge is 0.251 e. The summed E-state index contributed by atoms with van der Waals surface area (Å²) in [5.74, 6) is -0.337. The molecular formula is C18H22N4O3S. The van der Waals surface area contributed by atoms with Gasteiger partial charge >= 0.3 is 0 Å². The Morgan fingerprint density at radius 1 is 1.12 bits per heavy atom. The van der Waals surface area contributed by atoms with Crippen molar-refractivity contribution in [3.8, 4) is 0 Å². The van der Waals surface area contributed by atoms with Crippen molar-refractivity contribution in [3.63, 3.8) is 0 Å². The van der Waals surface area contributed by atoms with E-state index in [0.29, 0.717) is 24.3 Å². The maximum atomic E-state index is 12.9. The molecule has 1 aromatic heterocycles. The van der Waals surface area contributed by atoms with Crippen molar-refractivity contribution in [2.45, 2.75) is 37.1 Å².